The fourth-order valence-corrected chi connectivity index (χ4v) is 4.21. The molecule has 2 atom stereocenters. The highest BCUT2D eigenvalue weighted by Crippen LogP contribution is 2.44. The Bertz CT molecular complexity index is 1160. The van der Waals surface area contributed by atoms with Crippen LogP contribution in [0.25, 0.3) is 0 Å². The van der Waals surface area contributed by atoms with Gasteiger partial charge in [0.15, 0.2) is 0 Å². The van der Waals surface area contributed by atoms with E-state index in [-0.39, 0.29) is 11.8 Å². The first kappa shape index (κ1) is 19.2. The molecule has 2 aliphatic rings. The quantitative estimate of drug-likeness (QED) is 0.468. The molecular weight excluding hydrogens is 419 g/mol. The number of hydrazone groups is 1. The number of fused-ring (bicyclic) bond motifs is 3. The predicted octanol–water partition coefficient (Wildman–Crippen LogP) is 6.05. The van der Waals surface area contributed by atoms with Gasteiger partial charge in [0.25, 0.3) is 6.23 Å². The number of benzene rings is 3. The van der Waals surface area contributed by atoms with E-state index >= 15 is 0 Å². The van der Waals surface area contributed by atoms with Crippen molar-refractivity contribution in [2.75, 3.05) is 0 Å². The Hall–Kier alpha value is -2.82. The summed E-state index contributed by atoms with van der Waals surface area (Å²) < 4.78 is 6.13. The van der Waals surface area contributed by atoms with Crippen molar-refractivity contribution in [3.05, 3.63) is 99.0 Å². The molecule has 6 heteroatoms. The largest absolute Gasteiger partial charge is 0.461 e. The first-order chi connectivity index (χ1) is 14.5. The van der Waals surface area contributed by atoms with Crippen LogP contribution in [0.3, 0.4) is 0 Å². The van der Waals surface area contributed by atoms with Crippen LogP contribution in [0.2, 0.25) is 10.0 Å². The van der Waals surface area contributed by atoms with Crippen molar-refractivity contribution < 1.29 is 9.53 Å². The normalized spacial score (nSPS) is 19.6. The molecule has 2 aliphatic heterocycles. The molecule has 2 heterocycles. The number of halogens is 2. The number of Topliss-reactive ketones (excluding diaryl/α,β-unsaturated/α-hetero) is 1. The number of rotatable bonds is 3. The molecule has 0 saturated carbocycles. The van der Waals surface area contributed by atoms with E-state index in [1.165, 1.54) is 5.56 Å². The minimum absolute atomic E-state index is 0.120. The minimum atomic E-state index is -0.854. The highest BCUT2D eigenvalue weighted by Gasteiger charge is 2.43. The van der Waals surface area contributed by atoms with Gasteiger partial charge in [-0.25, -0.2) is 5.01 Å². The van der Waals surface area contributed by atoms with Crippen LogP contribution in [0, 0.1) is 6.92 Å². The van der Waals surface area contributed by atoms with Gasteiger partial charge in [-0.3, -0.25) is 4.79 Å². The van der Waals surface area contributed by atoms with Gasteiger partial charge < -0.3 is 4.74 Å². The number of carbonyl (C=O) groups excluding carboxylic acids is 1. The zero-order valence-corrected chi connectivity index (χ0v) is 17.7. The number of hydrogen-bond donors (Lipinski definition) is 0. The summed E-state index contributed by atoms with van der Waals surface area (Å²) in [4.78, 5) is 13.3. The molecule has 30 heavy (non-hydrogen) atoms. The molecule has 0 N–H and O–H groups in total. The summed E-state index contributed by atoms with van der Waals surface area (Å²) in [5.74, 6) is 0.500. The average Bonchev–Trinajstić information content (AvgIpc) is 3.19. The second-order valence-electron chi connectivity index (χ2n) is 7.54. The Morgan fingerprint density at radius 1 is 1.00 bits per heavy atom. The van der Waals surface area contributed by atoms with Gasteiger partial charge in [-0.15, -0.1) is 0 Å². The van der Waals surface area contributed by atoms with E-state index < -0.39 is 6.23 Å². The molecule has 150 valence electrons. The highest BCUT2D eigenvalue weighted by atomic mass is 35.5. The van der Waals surface area contributed by atoms with Crippen LogP contribution in [-0.2, 0) is 0 Å². The Morgan fingerprint density at radius 3 is 2.43 bits per heavy atom. The summed E-state index contributed by atoms with van der Waals surface area (Å²) >= 11 is 12.2. The van der Waals surface area contributed by atoms with E-state index in [4.69, 9.17) is 33.0 Å². The summed E-state index contributed by atoms with van der Waals surface area (Å²) in [6.07, 6.45) is -0.183. The number of nitrogens with zero attached hydrogens (tertiary/aromatic N) is 2. The molecule has 0 radical (unpaired) electrons. The zero-order chi connectivity index (χ0) is 20.8. The molecular formula is C24H18Cl2N2O2. The fourth-order valence-electron chi connectivity index (χ4n) is 3.91. The summed E-state index contributed by atoms with van der Waals surface area (Å²) in [5.41, 5.74) is 4.61. The smallest absolute Gasteiger partial charge is 0.251 e. The molecule has 0 fully saturated rings. The van der Waals surface area contributed by atoms with Gasteiger partial charge in [-0.05, 0) is 55.0 Å². The van der Waals surface area contributed by atoms with Crippen molar-refractivity contribution in [1.82, 2.24) is 5.01 Å². The second-order valence-corrected chi connectivity index (χ2v) is 8.41. The molecule has 3 aromatic rings. The molecule has 4 nitrogen and oxygen atoms in total. The molecule has 0 aliphatic carbocycles. The topological polar surface area (TPSA) is 41.9 Å². The van der Waals surface area contributed by atoms with Crippen molar-refractivity contribution >= 4 is 34.7 Å². The van der Waals surface area contributed by atoms with Gasteiger partial charge in [0.1, 0.15) is 5.75 Å². The molecule has 0 bridgehead atoms. The van der Waals surface area contributed by atoms with E-state index in [0.717, 1.165) is 16.8 Å². The van der Waals surface area contributed by atoms with Crippen LogP contribution in [0.5, 0.6) is 5.75 Å². The van der Waals surface area contributed by atoms with Crippen LogP contribution < -0.4 is 4.74 Å². The standard InChI is InChI=1S/C24H18Cl2N2O2/c1-14-2-4-15(5-3-14)20-13-21-19-12-18(26)10-11-22(19)30-24(28(21)27-20)23(29)16-6-8-17(25)9-7-16/h2-12,21,24H,13H2,1H3/t21-,24+/m0/s1. The van der Waals surface area contributed by atoms with Crippen molar-refractivity contribution in [3.63, 3.8) is 0 Å². The third-order valence-corrected chi connectivity index (χ3v) is 5.98. The molecule has 0 aromatic heterocycles. The lowest BCUT2D eigenvalue weighted by molar-refractivity contribution is -0.00455. The molecule has 0 saturated heterocycles. The zero-order valence-electron chi connectivity index (χ0n) is 16.2. The van der Waals surface area contributed by atoms with Gasteiger partial charge in [0.05, 0.1) is 11.8 Å². The number of aryl methyl sites for hydroxylation is 1. The van der Waals surface area contributed by atoms with E-state index in [1.807, 2.05) is 12.1 Å². The Morgan fingerprint density at radius 2 is 1.70 bits per heavy atom. The monoisotopic (exact) mass is 436 g/mol. The first-order valence-corrected chi connectivity index (χ1v) is 10.4. The maximum atomic E-state index is 13.3. The maximum absolute atomic E-state index is 13.3. The van der Waals surface area contributed by atoms with E-state index in [0.29, 0.717) is 27.8 Å². The number of ether oxygens (including phenoxy) is 1. The molecule has 0 unspecified atom stereocenters. The van der Waals surface area contributed by atoms with Crippen molar-refractivity contribution in [3.8, 4) is 5.75 Å². The third kappa shape index (κ3) is 3.36. The molecule has 3 aromatic carbocycles. The lowest BCUT2D eigenvalue weighted by Crippen LogP contribution is -2.45. The summed E-state index contributed by atoms with van der Waals surface area (Å²) in [7, 11) is 0. The van der Waals surface area contributed by atoms with Crippen molar-refractivity contribution in [2.24, 2.45) is 5.10 Å². The van der Waals surface area contributed by atoms with E-state index in [1.54, 1.807) is 35.3 Å². The van der Waals surface area contributed by atoms with Gasteiger partial charge in [-0.2, -0.15) is 5.10 Å². The van der Waals surface area contributed by atoms with Crippen LogP contribution in [-0.4, -0.2) is 22.7 Å². The predicted molar refractivity (Wildman–Crippen MR) is 119 cm³/mol. The molecule has 0 amide bonds. The van der Waals surface area contributed by atoms with Crippen LogP contribution in [0.4, 0.5) is 0 Å². The van der Waals surface area contributed by atoms with Gasteiger partial charge in [0.2, 0.25) is 5.78 Å². The third-order valence-electron chi connectivity index (χ3n) is 5.49. The second kappa shape index (κ2) is 7.46. The van der Waals surface area contributed by atoms with Crippen LogP contribution in [0.1, 0.15) is 39.5 Å². The van der Waals surface area contributed by atoms with Crippen molar-refractivity contribution in [1.29, 1.82) is 0 Å². The van der Waals surface area contributed by atoms with Crippen LogP contribution >= 0.6 is 23.2 Å². The fraction of sp³-hybridized carbons (Fsp3) is 0.167. The Labute approximate surface area is 184 Å². The first-order valence-electron chi connectivity index (χ1n) is 9.68. The Balaban J connectivity index is 1.57. The summed E-state index contributed by atoms with van der Waals surface area (Å²) in [6.45, 7) is 2.05. The summed E-state index contributed by atoms with van der Waals surface area (Å²) in [5, 5.41) is 7.79. The maximum Gasteiger partial charge on any atom is 0.251 e. The SMILES string of the molecule is Cc1ccc(C2=NN3[C@@H](C(=O)c4ccc(Cl)cc4)Oc4ccc(Cl)cc4[C@@H]3C2)cc1. The van der Waals surface area contributed by atoms with Gasteiger partial charge >= 0.3 is 0 Å². The lowest BCUT2D eigenvalue weighted by Gasteiger charge is -2.37. The Kier molecular flexibility index (Phi) is 4.76. The highest BCUT2D eigenvalue weighted by molar-refractivity contribution is 6.31. The van der Waals surface area contributed by atoms with Gasteiger partial charge in [0, 0.05) is 27.6 Å². The molecule has 0 spiro atoms. The van der Waals surface area contributed by atoms with Crippen LogP contribution in [0.15, 0.2) is 71.8 Å². The van der Waals surface area contributed by atoms with Crippen molar-refractivity contribution in [2.45, 2.75) is 25.6 Å². The minimum Gasteiger partial charge on any atom is -0.461 e. The number of hydrogen-bond acceptors (Lipinski definition) is 4. The van der Waals surface area contributed by atoms with E-state index in [2.05, 4.69) is 31.2 Å². The average molecular weight is 437 g/mol. The van der Waals surface area contributed by atoms with Gasteiger partial charge in [-0.1, -0.05) is 53.0 Å². The molecule has 5 rings (SSSR count). The number of ketones is 1. The number of carbonyl (C=O) groups is 1. The van der Waals surface area contributed by atoms with E-state index in [9.17, 15) is 4.79 Å². The summed E-state index contributed by atoms with van der Waals surface area (Å²) in [6, 6.07) is 20.4. The lowest BCUT2D eigenvalue weighted by atomic mass is 9.95.